The Kier molecular flexibility index (Phi) is 7.35. The lowest BCUT2D eigenvalue weighted by Crippen LogP contribution is -2.33. The molecule has 0 spiro atoms. The second-order valence-electron chi connectivity index (χ2n) is 7.33. The molecule has 2 rings (SSSR count). The quantitative estimate of drug-likeness (QED) is 0.736. The van der Waals surface area contributed by atoms with Gasteiger partial charge in [-0.15, -0.1) is 0 Å². The summed E-state index contributed by atoms with van der Waals surface area (Å²) in [6.45, 7) is 4.77. The predicted octanol–water partition coefficient (Wildman–Crippen LogP) is 2.71. The highest BCUT2D eigenvalue weighted by atomic mass is 32.2. The van der Waals surface area contributed by atoms with E-state index in [0.29, 0.717) is 12.1 Å². The van der Waals surface area contributed by atoms with Crippen molar-refractivity contribution < 1.29 is 13.2 Å². The molecule has 1 amide bonds. The molecule has 0 bridgehead atoms. The second-order valence-corrected chi connectivity index (χ2v) is 9.33. The van der Waals surface area contributed by atoms with Crippen LogP contribution < -0.4 is 5.32 Å². The van der Waals surface area contributed by atoms with Gasteiger partial charge >= 0.3 is 0 Å². The number of carbonyl (C=O) groups excluding carboxylic acids is 1. The van der Waals surface area contributed by atoms with E-state index in [2.05, 4.69) is 10.2 Å². The Hall–Kier alpha value is -2.22. The highest BCUT2D eigenvalue weighted by molar-refractivity contribution is 7.89. The van der Waals surface area contributed by atoms with E-state index in [4.69, 9.17) is 0 Å². The zero-order chi connectivity index (χ0) is 20.9. The third-order valence-corrected chi connectivity index (χ3v) is 6.57. The first-order valence-electron chi connectivity index (χ1n) is 9.20. The monoisotopic (exact) mass is 403 g/mol. The van der Waals surface area contributed by atoms with Crippen molar-refractivity contribution in [3.63, 3.8) is 0 Å². The van der Waals surface area contributed by atoms with Crippen LogP contribution in [0.4, 0.5) is 0 Å². The molecular formula is C21H29N3O3S. The van der Waals surface area contributed by atoms with E-state index in [1.165, 1.54) is 23.5 Å². The van der Waals surface area contributed by atoms with E-state index in [0.717, 1.165) is 17.7 Å². The van der Waals surface area contributed by atoms with Crippen LogP contribution in [0.1, 0.15) is 35.3 Å². The molecule has 0 aliphatic heterocycles. The van der Waals surface area contributed by atoms with Gasteiger partial charge in [-0.3, -0.25) is 4.79 Å². The van der Waals surface area contributed by atoms with Gasteiger partial charge < -0.3 is 10.2 Å². The molecule has 0 unspecified atom stereocenters. The third-order valence-electron chi connectivity index (χ3n) is 4.54. The molecule has 1 N–H and O–H groups in total. The molecule has 0 heterocycles. The second kappa shape index (κ2) is 9.32. The molecule has 0 atom stereocenters. The molecule has 2 aromatic carbocycles. The van der Waals surface area contributed by atoms with Gasteiger partial charge in [0.2, 0.25) is 10.0 Å². The molecule has 0 saturated heterocycles. The molecule has 7 heteroatoms. The summed E-state index contributed by atoms with van der Waals surface area (Å²) in [5, 5.41) is 2.89. The average Bonchev–Trinajstić information content (AvgIpc) is 2.66. The predicted molar refractivity (Wildman–Crippen MR) is 112 cm³/mol. The van der Waals surface area contributed by atoms with Crippen LogP contribution in [0.3, 0.4) is 0 Å². The first-order chi connectivity index (χ1) is 13.1. The van der Waals surface area contributed by atoms with E-state index >= 15 is 0 Å². The molecule has 0 aromatic heterocycles. The van der Waals surface area contributed by atoms with Gasteiger partial charge in [0.25, 0.3) is 5.91 Å². The first-order valence-corrected chi connectivity index (χ1v) is 10.6. The smallest absolute Gasteiger partial charge is 0.251 e. The van der Waals surface area contributed by atoms with Crippen molar-refractivity contribution in [1.29, 1.82) is 0 Å². The van der Waals surface area contributed by atoms with E-state index in [1.807, 2.05) is 38.4 Å². The van der Waals surface area contributed by atoms with Crippen LogP contribution in [0.15, 0.2) is 53.4 Å². The number of amides is 1. The van der Waals surface area contributed by atoms with Crippen molar-refractivity contribution in [1.82, 2.24) is 14.5 Å². The molecule has 6 nitrogen and oxygen atoms in total. The van der Waals surface area contributed by atoms with Crippen molar-refractivity contribution >= 4 is 15.9 Å². The lowest BCUT2D eigenvalue weighted by molar-refractivity contribution is 0.0950. The fourth-order valence-electron chi connectivity index (χ4n) is 2.74. The molecule has 0 saturated carbocycles. The number of hydrogen-bond donors (Lipinski definition) is 1. The van der Waals surface area contributed by atoms with Gasteiger partial charge in [-0.2, -0.15) is 4.31 Å². The van der Waals surface area contributed by atoms with Crippen LogP contribution in [0, 0.1) is 0 Å². The van der Waals surface area contributed by atoms with E-state index in [-0.39, 0.29) is 16.8 Å². The van der Waals surface area contributed by atoms with Crippen LogP contribution in [0.25, 0.3) is 0 Å². The van der Waals surface area contributed by atoms with E-state index < -0.39 is 10.0 Å². The fourth-order valence-corrected chi connectivity index (χ4v) is 4.16. The standard InChI is InChI=1S/C21H29N3O3S/c1-16(2)24(5)28(26,27)20-12-8-11-17(13-20)21(25)22-14-18-9-6-7-10-19(18)15-23(3)4/h6-13,16H,14-15H2,1-5H3,(H,22,25). The van der Waals surface area contributed by atoms with Gasteiger partial charge in [0.05, 0.1) is 4.90 Å². The molecule has 0 aliphatic carbocycles. The molecule has 2 aromatic rings. The van der Waals surface area contributed by atoms with Gasteiger partial charge in [0.15, 0.2) is 0 Å². The van der Waals surface area contributed by atoms with Gasteiger partial charge in [0, 0.05) is 31.7 Å². The Labute approximate surface area is 168 Å². The highest BCUT2D eigenvalue weighted by Crippen LogP contribution is 2.18. The van der Waals surface area contributed by atoms with Crippen LogP contribution >= 0.6 is 0 Å². The van der Waals surface area contributed by atoms with Crippen molar-refractivity contribution in [3.8, 4) is 0 Å². The average molecular weight is 404 g/mol. The number of nitrogens with one attached hydrogen (secondary N) is 1. The van der Waals surface area contributed by atoms with Crippen molar-refractivity contribution in [2.45, 2.75) is 37.9 Å². The van der Waals surface area contributed by atoms with Crippen molar-refractivity contribution in [2.75, 3.05) is 21.1 Å². The maximum Gasteiger partial charge on any atom is 0.251 e. The Morgan fingerprint density at radius 1 is 1.00 bits per heavy atom. The summed E-state index contributed by atoms with van der Waals surface area (Å²) in [6.07, 6.45) is 0. The Morgan fingerprint density at radius 3 is 2.25 bits per heavy atom. The summed E-state index contributed by atoms with van der Waals surface area (Å²) in [5.41, 5.74) is 2.50. The van der Waals surface area contributed by atoms with Crippen LogP contribution in [0.2, 0.25) is 0 Å². The number of carbonyl (C=O) groups is 1. The minimum Gasteiger partial charge on any atom is -0.348 e. The maximum atomic E-state index is 12.7. The summed E-state index contributed by atoms with van der Waals surface area (Å²) in [5.74, 6) is -0.302. The first kappa shape index (κ1) is 22.1. The largest absolute Gasteiger partial charge is 0.348 e. The van der Waals surface area contributed by atoms with Crippen molar-refractivity contribution in [2.24, 2.45) is 0 Å². The Bertz CT molecular complexity index is 924. The molecule has 0 radical (unpaired) electrons. The van der Waals surface area contributed by atoms with Gasteiger partial charge in [-0.25, -0.2) is 8.42 Å². The summed E-state index contributed by atoms with van der Waals surface area (Å²) in [4.78, 5) is 14.8. The molecule has 0 fully saturated rings. The SMILES string of the molecule is CC(C)N(C)S(=O)(=O)c1cccc(C(=O)NCc2ccccc2CN(C)C)c1. The molecule has 28 heavy (non-hydrogen) atoms. The van der Waals surface area contributed by atoms with Crippen molar-refractivity contribution in [3.05, 3.63) is 65.2 Å². The van der Waals surface area contributed by atoms with Crippen LogP contribution in [-0.2, 0) is 23.1 Å². The fraction of sp³-hybridized carbons (Fsp3) is 0.381. The summed E-state index contributed by atoms with van der Waals surface area (Å²) in [6, 6.07) is 13.9. The summed E-state index contributed by atoms with van der Waals surface area (Å²) in [7, 11) is 1.89. The minimum absolute atomic E-state index is 0.115. The lowest BCUT2D eigenvalue weighted by atomic mass is 10.1. The summed E-state index contributed by atoms with van der Waals surface area (Å²) >= 11 is 0. The number of nitrogens with zero attached hydrogens (tertiary/aromatic N) is 2. The van der Waals surface area contributed by atoms with Gasteiger partial charge in [0.1, 0.15) is 0 Å². The lowest BCUT2D eigenvalue weighted by Gasteiger charge is -2.21. The number of rotatable bonds is 8. The van der Waals surface area contributed by atoms with Crippen LogP contribution in [-0.4, -0.2) is 50.7 Å². The zero-order valence-corrected chi connectivity index (χ0v) is 18.0. The zero-order valence-electron chi connectivity index (χ0n) is 17.1. The van der Waals surface area contributed by atoms with Gasteiger partial charge in [-0.1, -0.05) is 30.3 Å². The van der Waals surface area contributed by atoms with E-state index in [9.17, 15) is 13.2 Å². The minimum atomic E-state index is -3.63. The van der Waals surface area contributed by atoms with E-state index in [1.54, 1.807) is 26.0 Å². The number of sulfonamides is 1. The van der Waals surface area contributed by atoms with Crippen LogP contribution in [0.5, 0.6) is 0 Å². The number of benzene rings is 2. The molecule has 0 aliphatic rings. The number of hydrogen-bond acceptors (Lipinski definition) is 4. The third kappa shape index (κ3) is 5.41. The highest BCUT2D eigenvalue weighted by Gasteiger charge is 2.23. The molecular weight excluding hydrogens is 374 g/mol. The Balaban J connectivity index is 2.17. The maximum absolute atomic E-state index is 12.7. The normalized spacial score (nSPS) is 12.0. The Morgan fingerprint density at radius 2 is 1.64 bits per heavy atom. The topological polar surface area (TPSA) is 69.7 Å². The summed E-state index contributed by atoms with van der Waals surface area (Å²) < 4.78 is 26.6. The molecule has 152 valence electrons. The van der Waals surface area contributed by atoms with Gasteiger partial charge in [-0.05, 0) is 57.3 Å².